The number of aromatic nitrogens is 1. The summed E-state index contributed by atoms with van der Waals surface area (Å²) in [5.74, 6) is -0.0164. The summed E-state index contributed by atoms with van der Waals surface area (Å²) in [6.45, 7) is 12.4. The first kappa shape index (κ1) is 17.8. The second kappa shape index (κ2) is 7.71. The zero-order valence-electron chi connectivity index (χ0n) is 14.0. The van der Waals surface area contributed by atoms with Crippen molar-refractivity contribution >= 4 is 14.9 Å². The molecule has 1 aromatic heterocycles. The number of nitrogens with zero attached hydrogens (tertiary/aromatic N) is 1. The maximum atomic E-state index is 11.6. The normalized spacial score (nSPS) is 14.8. The van der Waals surface area contributed by atoms with E-state index >= 15 is 0 Å². The lowest BCUT2D eigenvalue weighted by molar-refractivity contribution is -0.120. The molecule has 0 radical (unpaired) electrons. The van der Waals surface area contributed by atoms with Gasteiger partial charge in [-0.15, -0.1) is 0 Å². The molecule has 1 heterocycles. The fraction of sp³-hybridized carbons (Fsp3) is 0.625. The summed E-state index contributed by atoms with van der Waals surface area (Å²) < 4.78 is 6.26. The summed E-state index contributed by atoms with van der Waals surface area (Å²) in [5.41, 5.74) is 1.13. The number of hydrogen-bond donors (Lipinski definition) is 1. The molecule has 0 aliphatic heterocycles. The number of hydrogen-bond acceptors (Lipinski definition) is 3. The Hall–Kier alpha value is -1.20. The van der Waals surface area contributed by atoms with Gasteiger partial charge >= 0.3 is 0 Å². The van der Waals surface area contributed by atoms with Crippen LogP contribution in [0.15, 0.2) is 24.5 Å². The van der Waals surface area contributed by atoms with Crippen LogP contribution in [0.25, 0.3) is 0 Å². The highest BCUT2D eigenvalue weighted by Gasteiger charge is 2.34. The monoisotopic (exact) mass is 308 g/mol. The molecule has 0 aromatic carbocycles. The molecule has 1 N–H and O–H groups in total. The highest BCUT2D eigenvalue weighted by molar-refractivity contribution is 6.48. The van der Waals surface area contributed by atoms with Crippen molar-refractivity contribution in [1.29, 1.82) is 0 Å². The van der Waals surface area contributed by atoms with Crippen molar-refractivity contribution in [2.45, 2.75) is 59.4 Å². The number of rotatable bonds is 6. The van der Waals surface area contributed by atoms with Crippen LogP contribution in [-0.4, -0.2) is 32.1 Å². The van der Waals surface area contributed by atoms with Crippen LogP contribution in [0.1, 0.15) is 33.3 Å². The lowest BCUT2D eigenvalue weighted by Crippen LogP contribution is -2.52. The maximum Gasteiger partial charge on any atom is 0.217 e. The third kappa shape index (κ3) is 6.40. The molecule has 0 fully saturated rings. The lowest BCUT2D eigenvalue weighted by Gasteiger charge is -2.39. The third-order valence-corrected chi connectivity index (χ3v) is 4.07. The molecule has 21 heavy (non-hydrogen) atoms. The highest BCUT2D eigenvalue weighted by atomic mass is 28.3. The van der Waals surface area contributed by atoms with Gasteiger partial charge in [0.05, 0.1) is 12.1 Å². The number of amides is 1. The van der Waals surface area contributed by atoms with Crippen LogP contribution >= 0.6 is 0 Å². The quantitative estimate of drug-likeness (QED) is 0.822. The number of carbonyl (C=O) groups is 1. The Balaban J connectivity index is 2.99. The van der Waals surface area contributed by atoms with Crippen LogP contribution in [0.2, 0.25) is 13.1 Å². The molecular weight excluding hydrogens is 280 g/mol. The highest BCUT2D eigenvalue weighted by Crippen LogP contribution is 2.27. The van der Waals surface area contributed by atoms with E-state index in [1.54, 1.807) is 19.3 Å². The number of nitrogens with one attached hydrogen (secondary N) is 1. The van der Waals surface area contributed by atoms with Crippen LogP contribution in [-0.2, 0) is 15.6 Å². The molecule has 0 aliphatic rings. The molecule has 0 saturated heterocycles. The average Bonchev–Trinajstić information content (AvgIpc) is 2.34. The summed E-state index contributed by atoms with van der Waals surface area (Å²) in [5, 5.41) is 3.08. The van der Waals surface area contributed by atoms with Crippen LogP contribution in [0.3, 0.4) is 0 Å². The Bertz CT molecular complexity index is 443. The Labute approximate surface area is 130 Å². The average molecular weight is 308 g/mol. The molecule has 0 spiro atoms. The zero-order valence-corrected chi connectivity index (χ0v) is 15.2. The van der Waals surface area contributed by atoms with Crippen molar-refractivity contribution in [2.24, 2.45) is 5.41 Å². The third-order valence-electron chi connectivity index (χ3n) is 3.23. The summed E-state index contributed by atoms with van der Waals surface area (Å²) in [7, 11) is -1.20. The van der Waals surface area contributed by atoms with Crippen LogP contribution in [0.4, 0.5) is 0 Å². The first-order valence-electron chi connectivity index (χ1n) is 7.51. The van der Waals surface area contributed by atoms with Gasteiger partial charge < -0.3 is 9.74 Å². The first-order valence-corrected chi connectivity index (χ1v) is 10.3. The maximum absolute atomic E-state index is 11.6. The molecule has 2 atom stereocenters. The van der Waals surface area contributed by atoms with Crippen molar-refractivity contribution in [3.8, 4) is 0 Å². The van der Waals surface area contributed by atoms with E-state index in [9.17, 15) is 4.79 Å². The van der Waals surface area contributed by atoms with Gasteiger partial charge in [-0.25, -0.2) is 0 Å². The van der Waals surface area contributed by atoms with Gasteiger partial charge in [0.1, 0.15) is 0 Å². The van der Waals surface area contributed by atoms with E-state index in [0.717, 1.165) is 12.0 Å². The van der Waals surface area contributed by atoms with Gasteiger partial charge in [-0.3, -0.25) is 9.78 Å². The minimum absolute atomic E-state index is 0.00114. The minimum Gasteiger partial charge on any atom is -0.415 e. The SMILES string of the molecule is CC(=O)NC(Cc1ccncc1)C(O[SiH](C)C)C(C)(C)C. The Morgan fingerprint density at radius 2 is 1.90 bits per heavy atom. The van der Waals surface area contributed by atoms with Gasteiger partial charge in [-0.1, -0.05) is 20.8 Å². The Kier molecular flexibility index (Phi) is 6.55. The van der Waals surface area contributed by atoms with Gasteiger partial charge in [0.2, 0.25) is 5.91 Å². The van der Waals surface area contributed by atoms with Crippen molar-refractivity contribution < 1.29 is 9.22 Å². The fourth-order valence-electron chi connectivity index (χ4n) is 2.46. The predicted molar refractivity (Wildman–Crippen MR) is 88.8 cm³/mol. The summed E-state index contributed by atoms with van der Waals surface area (Å²) in [6, 6.07) is 3.95. The minimum atomic E-state index is -1.20. The summed E-state index contributed by atoms with van der Waals surface area (Å²) >= 11 is 0. The standard InChI is InChI=1S/C16H28N2O2Si/c1-12(19)18-14(11-13-7-9-17-10-8-13)15(16(2,3)4)20-21(5)6/h7-10,14-15,21H,11H2,1-6H3,(H,18,19). The van der Waals surface area contributed by atoms with E-state index in [1.807, 2.05) is 12.1 Å². The molecule has 1 rings (SSSR count). The van der Waals surface area contributed by atoms with Crippen molar-refractivity contribution in [2.75, 3.05) is 0 Å². The van der Waals surface area contributed by atoms with Crippen molar-refractivity contribution in [1.82, 2.24) is 10.3 Å². The van der Waals surface area contributed by atoms with E-state index < -0.39 is 9.04 Å². The van der Waals surface area contributed by atoms with Gasteiger partial charge in [0.15, 0.2) is 9.04 Å². The second-order valence-electron chi connectivity index (χ2n) is 6.84. The molecule has 5 heteroatoms. The molecule has 4 nitrogen and oxygen atoms in total. The largest absolute Gasteiger partial charge is 0.415 e. The van der Waals surface area contributed by atoms with E-state index in [0.29, 0.717) is 0 Å². The van der Waals surface area contributed by atoms with E-state index in [2.05, 4.69) is 44.2 Å². The van der Waals surface area contributed by atoms with E-state index in [1.165, 1.54) is 0 Å². The molecule has 118 valence electrons. The predicted octanol–water partition coefficient (Wildman–Crippen LogP) is 2.54. The zero-order chi connectivity index (χ0) is 16.0. The fourth-order valence-corrected chi connectivity index (χ4v) is 3.65. The van der Waals surface area contributed by atoms with Crippen molar-refractivity contribution in [3.05, 3.63) is 30.1 Å². The van der Waals surface area contributed by atoms with Gasteiger partial charge in [-0.05, 0) is 42.6 Å². The van der Waals surface area contributed by atoms with Crippen molar-refractivity contribution in [3.63, 3.8) is 0 Å². The van der Waals surface area contributed by atoms with E-state index in [-0.39, 0.29) is 23.5 Å². The lowest BCUT2D eigenvalue weighted by atomic mass is 9.82. The number of pyridine rings is 1. The van der Waals surface area contributed by atoms with Crippen LogP contribution in [0.5, 0.6) is 0 Å². The molecule has 0 aliphatic carbocycles. The molecule has 0 saturated carbocycles. The van der Waals surface area contributed by atoms with Gasteiger partial charge in [0, 0.05) is 19.3 Å². The molecular formula is C16H28N2O2Si. The van der Waals surface area contributed by atoms with Crippen LogP contribution < -0.4 is 5.32 Å². The topological polar surface area (TPSA) is 51.2 Å². The molecule has 1 amide bonds. The van der Waals surface area contributed by atoms with Crippen LogP contribution in [0, 0.1) is 5.41 Å². The van der Waals surface area contributed by atoms with E-state index in [4.69, 9.17) is 4.43 Å². The first-order chi connectivity index (χ1) is 9.70. The molecule has 0 bridgehead atoms. The second-order valence-corrected chi connectivity index (χ2v) is 9.21. The Morgan fingerprint density at radius 1 is 1.33 bits per heavy atom. The van der Waals surface area contributed by atoms with Gasteiger partial charge in [0.25, 0.3) is 0 Å². The smallest absolute Gasteiger partial charge is 0.217 e. The molecule has 1 aromatic rings. The van der Waals surface area contributed by atoms with Gasteiger partial charge in [-0.2, -0.15) is 0 Å². The summed E-state index contributed by atoms with van der Waals surface area (Å²) in [6.07, 6.45) is 4.32. The number of carbonyl (C=O) groups excluding carboxylic acids is 1. The molecule has 2 unspecified atom stereocenters. The summed E-state index contributed by atoms with van der Waals surface area (Å²) in [4.78, 5) is 15.6. The Morgan fingerprint density at radius 3 is 2.33 bits per heavy atom.